The zero-order valence-electron chi connectivity index (χ0n) is 14.9. The van der Waals surface area contributed by atoms with Crippen molar-refractivity contribution >= 4 is 53.1 Å². The summed E-state index contributed by atoms with van der Waals surface area (Å²) in [5, 5.41) is 8.00. The highest BCUT2D eigenvalue weighted by Gasteiger charge is 2.15. The lowest BCUT2D eigenvalue weighted by Crippen LogP contribution is -2.40. The molecule has 1 aliphatic heterocycles. The second kappa shape index (κ2) is 11.8. The molecule has 1 saturated heterocycles. The van der Waals surface area contributed by atoms with Crippen LogP contribution in [-0.4, -0.2) is 32.3 Å². The summed E-state index contributed by atoms with van der Waals surface area (Å²) in [5.74, 6) is 2.22. The second-order valence-electron chi connectivity index (χ2n) is 6.27. The van der Waals surface area contributed by atoms with Gasteiger partial charge in [-0.05, 0) is 36.2 Å². The Labute approximate surface area is 186 Å². The lowest BCUT2D eigenvalue weighted by Gasteiger charge is -2.15. The number of rotatable bonds is 7. The summed E-state index contributed by atoms with van der Waals surface area (Å²) in [4.78, 5) is 4.66. The van der Waals surface area contributed by atoms with E-state index in [1.165, 1.54) is 0 Å². The van der Waals surface area contributed by atoms with Gasteiger partial charge in [-0.2, -0.15) is 0 Å². The molecule has 2 aromatic rings. The normalized spacial score (nSPS) is 16.8. The minimum Gasteiger partial charge on any atom is -0.469 e. The van der Waals surface area contributed by atoms with Crippen LogP contribution in [0.25, 0.3) is 0 Å². The van der Waals surface area contributed by atoms with E-state index in [9.17, 15) is 0 Å². The standard InChI is InChI=1S/C19H23Cl2N3O2.HI/c20-16-4-3-15(18(21)10-16)12-24-19(23-11-14-6-9-25-13-14)22-7-5-17-2-1-8-26-17;/h1-4,8,10,14H,5-7,9,11-13H2,(H2,22,23,24);1H. The Morgan fingerprint density at radius 2 is 2.11 bits per heavy atom. The molecule has 27 heavy (non-hydrogen) atoms. The summed E-state index contributed by atoms with van der Waals surface area (Å²) in [7, 11) is 0. The Morgan fingerprint density at radius 1 is 1.22 bits per heavy atom. The number of furan rings is 1. The van der Waals surface area contributed by atoms with Gasteiger partial charge >= 0.3 is 0 Å². The van der Waals surface area contributed by atoms with Crippen molar-refractivity contribution in [1.29, 1.82) is 0 Å². The van der Waals surface area contributed by atoms with Crippen molar-refractivity contribution in [2.45, 2.75) is 19.4 Å². The number of benzene rings is 1. The SMILES string of the molecule is Clc1ccc(CN=C(NCCc2ccco2)NCC2CCOC2)c(Cl)c1.I. The van der Waals surface area contributed by atoms with E-state index in [1.807, 2.05) is 24.3 Å². The molecule has 1 aliphatic rings. The van der Waals surface area contributed by atoms with Crippen molar-refractivity contribution in [2.75, 3.05) is 26.3 Å². The maximum atomic E-state index is 6.24. The fourth-order valence-electron chi connectivity index (χ4n) is 2.73. The predicted molar refractivity (Wildman–Crippen MR) is 120 cm³/mol. The van der Waals surface area contributed by atoms with Crippen molar-refractivity contribution in [3.63, 3.8) is 0 Å². The average Bonchev–Trinajstić information content (AvgIpc) is 3.32. The molecule has 3 rings (SSSR count). The molecular weight excluding hydrogens is 500 g/mol. The number of nitrogens with one attached hydrogen (secondary N) is 2. The first kappa shape index (κ1) is 22.3. The van der Waals surface area contributed by atoms with Gasteiger partial charge in [0, 0.05) is 42.1 Å². The predicted octanol–water partition coefficient (Wildman–Crippen LogP) is 4.52. The third kappa shape index (κ3) is 7.52. The van der Waals surface area contributed by atoms with Gasteiger partial charge in [0.25, 0.3) is 0 Å². The van der Waals surface area contributed by atoms with E-state index < -0.39 is 0 Å². The number of halogens is 3. The minimum atomic E-state index is 0. The Bertz CT molecular complexity index is 720. The summed E-state index contributed by atoms with van der Waals surface area (Å²) in [6.45, 7) is 3.68. The van der Waals surface area contributed by atoms with Gasteiger partial charge in [0.15, 0.2) is 5.96 Å². The van der Waals surface area contributed by atoms with Crippen LogP contribution < -0.4 is 10.6 Å². The Morgan fingerprint density at radius 3 is 2.81 bits per heavy atom. The van der Waals surface area contributed by atoms with Gasteiger partial charge in [0.1, 0.15) is 5.76 Å². The molecule has 0 radical (unpaired) electrons. The molecule has 1 unspecified atom stereocenters. The van der Waals surface area contributed by atoms with Crippen LogP contribution in [-0.2, 0) is 17.7 Å². The lowest BCUT2D eigenvalue weighted by atomic mass is 10.1. The fraction of sp³-hybridized carbons (Fsp3) is 0.421. The summed E-state index contributed by atoms with van der Waals surface area (Å²) in [6.07, 6.45) is 3.56. The first-order valence-corrected chi connectivity index (χ1v) is 9.52. The van der Waals surface area contributed by atoms with Gasteiger partial charge < -0.3 is 19.8 Å². The summed E-state index contributed by atoms with van der Waals surface area (Å²) in [6, 6.07) is 9.33. The molecule has 1 aromatic carbocycles. The molecule has 1 fully saturated rings. The molecule has 0 aliphatic carbocycles. The highest BCUT2D eigenvalue weighted by atomic mass is 127. The number of ether oxygens (including phenoxy) is 1. The number of hydrogen-bond donors (Lipinski definition) is 2. The van der Waals surface area contributed by atoms with Crippen molar-refractivity contribution in [3.8, 4) is 0 Å². The van der Waals surface area contributed by atoms with Gasteiger partial charge in [-0.15, -0.1) is 24.0 Å². The van der Waals surface area contributed by atoms with Gasteiger partial charge in [-0.3, -0.25) is 0 Å². The summed E-state index contributed by atoms with van der Waals surface area (Å²) in [5.41, 5.74) is 0.937. The number of hydrogen-bond acceptors (Lipinski definition) is 3. The van der Waals surface area contributed by atoms with E-state index in [0.29, 0.717) is 22.5 Å². The highest BCUT2D eigenvalue weighted by Crippen LogP contribution is 2.21. The van der Waals surface area contributed by atoms with Crippen molar-refractivity contribution in [3.05, 3.63) is 58.0 Å². The molecule has 5 nitrogen and oxygen atoms in total. The largest absolute Gasteiger partial charge is 0.469 e. The molecule has 0 spiro atoms. The molecule has 2 N–H and O–H groups in total. The first-order valence-electron chi connectivity index (χ1n) is 8.77. The van der Waals surface area contributed by atoms with Crippen LogP contribution in [0.1, 0.15) is 17.7 Å². The van der Waals surface area contributed by atoms with Crippen molar-refractivity contribution in [2.24, 2.45) is 10.9 Å². The first-order chi connectivity index (χ1) is 12.7. The topological polar surface area (TPSA) is 58.8 Å². The smallest absolute Gasteiger partial charge is 0.191 e. The average molecular weight is 524 g/mol. The van der Waals surface area contributed by atoms with Crippen LogP contribution in [0.4, 0.5) is 0 Å². The molecule has 0 amide bonds. The van der Waals surface area contributed by atoms with Crippen LogP contribution in [0.15, 0.2) is 46.0 Å². The third-order valence-corrected chi connectivity index (χ3v) is 4.84. The zero-order chi connectivity index (χ0) is 18.2. The lowest BCUT2D eigenvalue weighted by molar-refractivity contribution is 0.186. The minimum absolute atomic E-state index is 0. The molecule has 148 valence electrons. The Balaban J connectivity index is 0.00000261. The molecule has 1 aromatic heterocycles. The van der Waals surface area contributed by atoms with Gasteiger partial charge in [-0.25, -0.2) is 4.99 Å². The Hall–Kier alpha value is -0.960. The monoisotopic (exact) mass is 523 g/mol. The maximum Gasteiger partial charge on any atom is 0.191 e. The van der Waals surface area contributed by atoms with E-state index in [4.69, 9.17) is 32.4 Å². The van der Waals surface area contributed by atoms with E-state index in [1.54, 1.807) is 12.3 Å². The maximum absolute atomic E-state index is 6.24. The van der Waals surface area contributed by atoms with Crippen LogP contribution in [0, 0.1) is 5.92 Å². The number of guanidine groups is 1. The summed E-state index contributed by atoms with van der Waals surface area (Å²) < 4.78 is 10.8. The van der Waals surface area contributed by atoms with Crippen molar-refractivity contribution < 1.29 is 9.15 Å². The van der Waals surface area contributed by atoms with E-state index in [0.717, 1.165) is 56.4 Å². The van der Waals surface area contributed by atoms with Crippen molar-refractivity contribution in [1.82, 2.24) is 10.6 Å². The van der Waals surface area contributed by atoms with Crippen LogP contribution >= 0.6 is 47.2 Å². The molecular formula is C19H24Cl2IN3O2. The molecule has 1 atom stereocenters. The molecule has 0 saturated carbocycles. The van der Waals surface area contributed by atoms with Crippen LogP contribution in [0.5, 0.6) is 0 Å². The molecule has 2 heterocycles. The van der Waals surface area contributed by atoms with Gasteiger partial charge in [0.05, 0.1) is 19.4 Å². The third-order valence-electron chi connectivity index (χ3n) is 4.25. The summed E-state index contributed by atoms with van der Waals surface area (Å²) >= 11 is 12.2. The highest BCUT2D eigenvalue weighted by molar-refractivity contribution is 14.0. The van der Waals surface area contributed by atoms with E-state index in [-0.39, 0.29) is 24.0 Å². The van der Waals surface area contributed by atoms with Crippen LogP contribution in [0.2, 0.25) is 10.0 Å². The Kier molecular flexibility index (Phi) is 9.75. The van der Waals surface area contributed by atoms with E-state index >= 15 is 0 Å². The number of nitrogens with zero attached hydrogens (tertiary/aromatic N) is 1. The second-order valence-corrected chi connectivity index (χ2v) is 7.11. The fourth-order valence-corrected chi connectivity index (χ4v) is 3.20. The van der Waals surface area contributed by atoms with Crippen LogP contribution in [0.3, 0.4) is 0 Å². The molecule has 0 bridgehead atoms. The quantitative estimate of drug-likeness (QED) is 0.318. The van der Waals surface area contributed by atoms with Gasteiger partial charge in [-0.1, -0.05) is 29.3 Å². The molecule has 8 heteroatoms. The van der Waals surface area contributed by atoms with Gasteiger partial charge in [0.2, 0.25) is 0 Å². The van der Waals surface area contributed by atoms with E-state index in [2.05, 4.69) is 15.6 Å². The number of aliphatic imine (C=N–C) groups is 1. The zero-order valence-corrected chi connectivity index (χ0v) is 18.8.